The molecule has 0 N–H and O–H groups in total. The predicted octanol–water partition coefficient (Wildman–Crippen LogP) is 7.05. The highest BCUT2D eigenvalue weighted by molar-refractivity contribution is 5.92. The van der Waals surface area contributed by atoms with Crippen LogP contribution < -0.4 is 9.47 Å². The Morgan fingerprint density at radius 1 is 0.756 bits per heavy atom. The Kier molecular flexibility index (Phi) is 11.7. The molecular formula is C38H46O7. The Labute approximate surface area is 267 Å². The van der Waals surface area contributed by atoms with Crippen LogP contribution in [-0.2, 0) is 37.0 Å². The summed E-state index contributed by atoms with van der Waals surface area (Å²) in [6.45, 7) is 3.26. The third-order valence-electron chi connectivity index (χ3n) is 9.48. The molecule has 0 aromatic heterocycles. The van der Waals surface area contributed by atoms with E-state index in [1.165, 1.54) is 0 Å². The third kappa shape index (κ3) is 8.95. The highest BCUT2D eigenvalue weighted by atomic mass is 16.5. The fourth-order valence-corrected chi connectivity index (χ4v) is 6.74. The number of hydrogen-bond donors (Lipinski definition) is 0. The number of rotatable bonds is 8. The first-order valence-electron chi connectivity index (χ1n) is 16.2. The molecule has 0 amide bonds. The first-order chi connectivity index (χ1) is 21.9. The van der Waals surface area contributed by atoms with E-state index in [-0.39, 0.29) is 41.7 Å². The van der Waals surface area contributed by atoms with Crippen molar-refractivity contribution in [2.24, 2.45) is 29.6 Å². The Balaban J connectivity index is 1.28. The smallest absolute Gasteiger partial charge is 0.330 e. The maximum absolute atomic E-state index is 13.6. The van der Waals surface area contributed by atoms with Gasteiger partial charge in [-0.2, -0.15) is 0 Å². The second-order valence-corrected chi connectivity index (χ2v) is 12.4. The number of ketones is 1. The van der Waals surface area contributed by atoms with Gasteiger partial charge in [0, 0.05) is 17.9 Å². The largest absolute Gasteiger partial charge is 0.497 e. The van der Waals surface area contributed by atoms with Crippen molar-refractivity contribution in [2.75, 3.05) is 20.8 Å². The molecule has 2 aromatic carbocycles. The molecule has 0 bridgehead atoms. The van der Waals surface area contributed by atoms with Gasteiger partial charge in [0.05, 0.1) is 46.2 Å². The standard InChI is InChI=1S/C38H46O7/c1-26-36(39)19-18-34-29(11-12-30-22-33(23-35(30)34)44-24-27-7-14-31(41-2)15-8-27)13-20-38(40)43-21-5-4-6-37(26)45-25-28-9-16-32(42-3)17-10-28/h7-20,26,29-30,33-35,37H,4-6,21-25H2,1-3H3/b19-18+,20-13+/t26-,29+,30-,33+,34-,35-,37-/m0/s1. The number of esters is 1. The lowest BCUT2D eigenvalue weighted by molar-refractivity contribution is -0.137. The number of methoxy groups -OCH3 is 2. The molecule has 240 valence electrons. The molecule has 7 atom stereocenters. The van der Waals surface area contributed by atoms with Gasteiger partial charge in [-0.3, -0.25) is 4.79 Å². The number of fused-ring (bicyclic) bond motifs is 3. The fourth-order valence-electron chi connectivity index (χ4n) is 6.74. The van der Waals surface area contributed by atoms with Crippen LogP contribution in [0.2, 0.25) is 0 Å². The van der Waals surface area contributed by atoms with Crippen LogP contribution in [0.25, 0.3) is 0 Å². The van der Waals surface area contributed by atoms with Crippen LogP contribution in [-0.4, -0.2) is 44.8 Å². The molecule has 1 aliphatic heterocycles. The van der Waals surface area contributed by atoms with E-state index in [0.717, 1.165) is 41.9 Å². The molecule has 7 heteroatoms. The summed E-state index contributed by atoms with van der Waals surface area (Å²) in [5.41, 5.74) is 2.13. The Hall–Kier alpha value is -3.68. The molecule has 45 heavy (non-hydrogen) atoms. The highest BCUT2D eigenvalue weighted by Gasteiger charge is 2.41. The van der Waals surface area contributed by atoms with Gasteiger partial charge in [0.25, 0.3) is 0 Å². The topological polar surface area (TPSA) is 80.3 Å². The minimum Gasteiger partial charge on any atom is -0.497 e. The second-order valence-electron chi connectivity index (χ2n) is 12.4. The molecule has 2 aliphatic carbocycles. The van der Waals surface area contributed by atoms with Gasteiger partial charge in [0.2, 0.25) is 0 Å². The molecule has 5 rings (SSSR count). The second kappa shape index (κ2) is 16.1. The van der Waals surface area contributed by atoms with E-state index >= 15 is 0 Å². The third-order valence-corrected chi connectivity index (χ3v) is 9.48. The maximum atomic E-state index is 13.6. The number of hydrogen-bond acceptors (Lipinski definition) is 7. The number of carbonyl (C=O) groups excluding carboxylic acids is 2. The van der Waals surface area contributed by atoms with Gasteiger partial charge >= 0.3 is 5.97 Å². The van der Waals surface area contributed by atoms with Crippen LogP contribution in [0.5, 0.6) is 11.5 Å². The lowest BCUT2D eigenvalue weighted by atomic mass is 9.71. The van der Waals surface area contributed by atoms with Crippen molar-refractivity contribution < 1.29 is 33.3 Å². The average molecular weight is 615 g/mol. The van der Waals surface area contributed by atoms with Crippen LogP contribution in [0.15, 0.2) is 85.0 Å². The summed E-state index contributed by atoms with van der Waals surface area (Å²) >= 11 is 0. The minimum absolute atomic E-state index is 0.00857. The molecule has 0 radical (unpaired) electrons. The van der Waals surface area contributed by atoms with Crippen LogP contribution >= 0.6 is 0 Å². The van der Waals surface area contributed by atoms with E-state index in [2.05, 4.69) is 18.2 Å². The molecular weight excluding hydrogens is 568 g/mol. The van der Waals surface area contributed by atoms with Crippen LogP contribution in [0.1, 0.15) is 50.2 Å². The number of cyclic esters (lactones) is 1. The van der Waals surface area contributed by atoms with Gasteiger partial charge in [-0.25, -0.2) is 4.79 Å². The average Bonchev–Trinajstić information content (AvgIpc) is 3.49. The lowest BCUT2D eigenvalue weighted by Crippen LogP contribution is -2.29. The fraction of sp³-hybridized carbons (Fsp3) is 0.474. The van der Waals surface area contributed by atoms with E-state index in [1.54, 1.807) is 26.4 Å². The molecule has 0 unspecified atom stereocenters. The van der Waals surface area contributed by atoms with E-state index in [9.17, 15) is 9.59 Å². The number of allylic oxidation sites excluding steroid dienone is 5. The SMILES string of the molecule is COc1ccc(CO[C@H]2C[C@@H]3[C@H]4/C=C/C(=O)[C@H](C)[C@@H](OCc5ccc(OC)cc5)CCCCOC(=O)/C=C/[C@H]4C=C[C@H]3C2)cc1. The Bertz CT molecular complexity index is 1340. The van der Waals surface area contributed by atoms with Gasteiger partial charge in [-0.1, -0.05) is 55.5 Å². The first-order valence-corrected chi connectivity index (χ1v) is 16.2. The summed E-state index contributed by atoms with van der Waals surface area (Å²) < 4.78 is 28.8. The summed E-state index contributed by atoms with van der Waals surface area (Å²) in [5, 5.41) is 0. The first kappa shape index (κ1) is 32.7. The number of benzene rings is 2. The van der Waals surface area contributed by atoms with E-state index < -0.39 is 0 Å². The van der Waals surface area contributed by atoms with Crippen LogP contribution in [0.3, 0.4) is 0 Å². The maximum Gasteiger partial charge on any atom is 0.330 e. The predicted molar refractivity (Wildman–Crippen MR) is 173 cm³/mol. The summed E-state index contributed by atoms with van der Waals surface area (Å²) in [6.07, 6.45) is 15.7. The van der Waals surface area contributed by atoms with E-state index in [4.69, 9.17) is 23.7 Å². The number of ether oxygens (including phenoxy) is 5. The zero-order valence-electron chi connectivity index (χ0n) is 26.6. The summed E-state index contributed by atoms with van der Waals surface area (Å²) in [5.74, 6) is 1.77. The molecule has 7 nitrogen and oxygen atoms in total. The quantitative estimate of drug-likeness (QED) is 0.233. The molecule has 2 aromatic rings. The van der Waals surface area contributed by atoms with Gasteiger partial charge in [0.15, 0.2) is 5.78 Å². The van der Waals surface area contributed by atoms with E-state index in [0.29, 0.717) is 44.5 Å². The Morgan fingerprint density at radius 3 is 2.09 bits per heavy atom. The van der Waals surface area contributed by atoms with Crippen molar-refractivity contribution in [2.45, 2.75) is 64.4 Å². The van der Waals surface area contributed by atoms with Crippen molar-refractivity contribution in [1.82, 2.24) is 0 Å². The summed E-state index contributed by atoms with van der Waals surface area (Å²) in [4.78, 5) is 26.2. The summed E-state index contributed by atoms with van der Waals surface area (Å²) in [6, 6.07) is 15.7. The zero-order chi connectivity index (χ0) is 31.6. The lowest BCUT2D eigenvalue weighted by Gasteiger charge is -2.33. The van der Waals surface area contributed by atoms with Crippen LogP contribution in [0, 0.1) is 29.6 Å². The normalized spacial score (nSPS) is 30.2. The van der Waals surface area contributed by atoms with Gasteiger partial charge in [-0.15, -0.1) is 0 Å². The number of carbonyl (C=O) groups is 2. The summed E-state index contributed by atoms with van der Waals surface area (Å²) in [7, 11) is 3.31. The monoisotopic (exact) mass is 614 g/mol. The molecule has 3 aliphatic rings. The van der Waals surface area contributed by atoms with Crippen LogP contribution in [0.4, 0.5) is 0 Å². The molecule has 1 saturated carbocycles. The Morgan fingerprint density at radius 2 is 1.42 bits per heavy atom. The van der Waals surface area contributed by atoms with Gasteiger partial charge in [0.1, 0.15) is 11.5 Å². The van der Waals surface area contributed by atoms with Crippen molar-refractivity contribution in [1.29, 1.82) is 0 Å². The van der Waals surface area contributed by atoms with Crippen molar-refractivity contribution >= 4 is 11.8 Å². The molecule has 1 heterocycles. The van der Waals surface area contributed by atoms with Crippen molar-refractivity contribution in [3.8, 4) is 11.5 Å². The van der Waals surface area contributed by atoms with Gasteiger partial charge < -0.3 is 23.7 Å². The minimum atomic E-state index is -0.327. The highest BCUT2D eigenvalue weighted by Crippen LogP contribution is 2.47. The molecule has 1 fully saturated rings. The van der Waals surface area contributed by atoms with Crippen molar-refractivity contribution in [3.63, 3.8) is 0 Å². The zero-order valence-corrected chi connectivity index (χ0v) is 26.6. The molecule has 0 spiro atoms. The van der Waals surface area contributed by atoms with E-state index in [1.807, 2.05) is 61.5 Å². The van der Waals surface area contributed by atoms with Gasteiger partial charge in [-0.05, 0) is 91.3 Å². The molecule has 0 saturated heterocycles. The van der Waals surface area contributed by atoms with Crippen molar-refractivity contribution in [3.05, 3.63) is 96.1 Å².